The zero-order chi connectivity index (χ0) is 8.39. The first-order chi connectivity index (χ1) is 5.86. The van der Waals surface area contributed by atoms with Crippen molar-refractivity contribution in [3.05, 3.63) is 34.0 Å². The van der Waals surface area contributed by atoms with Crippen LogP contribution in [0.3, 0.4) is 0 Å². The highest BCUT2D eigenvalue weighted by Gasteiger charge is 2.11. The molecule has 1 aliphatic rings. The van der Waals surface area contributed by atoms with Gasteiger partial charge in [-0.1, -0.05) is 12.2 Å². The normalized spacial score (nSPS) is 22.9. The van der Waals surface area contributed by atoms with Gasteiger partial charge in [-0.3, -0.25) is 0 Å². The fourth-order valence-corrected chi connectivity index (χ4v) is 2.69. The minimum Gasteiger partial charge on any atom is -0.145 e. The van der Waals surface area contributed by atoms with Crippen LogP contribution in [0.25, 0.3) is 0 Å². The molecule has 64 valence electrons. The predicted molar refractivity (Wildman–Crippen MR) is 54.8 cm³/mol. The summed E-state index contributed by atoms with van der Waals surface area (Å²) in [7, 11) is 0. The molecule has 0 saturated carbocycles. The maximum absolute atomic E-state index is 2.37. The first kappa shape index (κ1) is 8.06. The van der Waals surface area contributed by atoms with Crippen LogP contribution in [-0.2, 0) is 0 Å². The Balaban J connectivity index is 2.18. The Morgan fingerprint density at radius 2 is 2.33 bits per heavy atom. The minimum absolute atomic E-state index is 0.720. The molecule has 1 atom stereocenters. The lowest BCUT2D eigenvalue weighted by Crippen LogP contribution is -1.95. The third-order valence-electron chi connectivity index (χ3n) is 2.38. The van der Waals surface area contributed by atoms with Crippen LogP contribution in [0.1, 0.15) is 34.9 Å². The largest absolute Gasteiger partial charge is 0.145 e. The second-order valence-electron chi connectivity index (χ2n) is 3.41. The van der Waals surface area contributed by atoms with Crippen molar-refractivity contribution in [1.82, 2.24) is 0 Å². The maximum Gasteiger partial charge on any atom is 0.0117 e. The smallest absolute Gasteiger partial charge is 0.0117 e. The molecular weight excluding hydrogens is 164 g/mol. The van der Waals surface area contributed by atoms with Gasteiger partial charge in [0.05, 0.1) is 0 Å². The summed E-state index contributed by atoms with van der Waals surface area (Å²) >= 11 is 1.94. The number of aryl methyl sites for hydroxylation is 1. The van der Waals surface area contributed by atoms with E-state index < -0.39 is 0 Å². The van der Waals surface area contributed by atoms with Crippen molar-refractivity contribution < 1.29 is 0 Å². The Morgan fingerprint density at radius 3 is 2.92 bits per heavy atom. The summed E-state index contributed by atoms with van der Waals surface area (Å²) in [5, 5.41) is 0. The topological polar surface area (TPSA) is 0 Å². The molecule has 1 aromatic heterocycles. The van der Waals surface area contributed by atoms with Crippen molar-refractivity contribution in [3.8, 4) is 0 Å². The number of rotatable bonds is 1. The summed E-state index contributed by atoms with van der Waals surface area (Å²) in [6.45, 7) is 2.18. The first-order valence-corrected chi connectivity index (χ1v) is 5.41. The zero-order valence-corrected chi connectivity index (χ0v) is 8.23. The molecule has 0 bridgehead atoms. The molecule has 1 heterocycles. The Labute approximate surface area is 77.9 Å². The van der Waals surface area contributed by atoms with E-state index in [0.717, 1.165) is 5.92 Å². The monoisotopic (exact) mass is 178 g/mol. The average molecular weight is 178 g/mol. The van der Waals surface area contributed by atoms with E-state index in [2.05, 4.69) is 31.2 Å². The quantitative estimate of drug-likeness (QED) is 0.572. The van der Waals surface area contributed by atoms with E-state index in [1.807, 2.05) is 11.3 Å². The molecule has 0 nitrogen and oxygen atoms in total. The van der Waals surface area contributed by atoms with Gasteiger partial charge in [-0.25, -0.2) is 0 Å². The lowest BCUT2D eigenvalue weighted by molar-refractivity contribution is 0.662. The van der Waals surface area contributed by atoms with E-state index >= 15 is 0 Å². The average Bonchev–Trinajstić information content (AvgIpc) is 2.54. The third kappa shape index (κ3) is 1.61. The van der Waals surface area contributed by atoms with Crippen molar-refractivity contribution in [2.75, 3.05) is 0 Å². The molecular formula is C11H14S. The first-order valence-electron chi connectivity index (χ1n) is 4.59. The lowest BCUT2D eigenvalue weighted by Gasteiger charge is -2.13. The van der Waals surface area contributed by atoms with Gasteiger partial charge in [-0.2, -0.15) is 0 Å². The minimum atomic E-state index is 0.720. The second kappa shape index (κ2) is 3.44. The molecule has 0 spiro atoms. The van der Waals surface area contributed by atoms with Gasteiger partial charge < -0.3 is 0 Å². The van der Waals surface area contributed by atoms with Gasteiger partial charge in [0.25, 0.3) is 0 Å². The Bertz CT molecular complexity index is 283. The predicted octanol–water partition coefficient (Wildman–Crippen LogP) is 3.88. The van der Waals surface area contributed by atoms with Crippen LogP contribution in [0.4, 0.5) is 0 Å². The summed E-state index contributed by atoms with van der Waals surface area (Å²) in [6.07, 6.45) is 8.67. The number of hydrogen-bond acceptors (Lipinski definition) is 1. The molecule has 0 saturated heterocycles. The maximum atomic E-state index is 2.37. The van der Waals surface area contributed by atoms with Gasteiger partial charge in [0.1, 0.15) is 0 Å². The molecule has 1 heteroatoms. The standard InChI is InChI=1S/C11H14S/c1-9-7-8-11(12-9)10-5-3-2-4-6-10/h3,5,7-8,10H,2,4,6H2,1H3/t10-/m0/s1. The van der Waals surface area contributed by atoms with Crippen molar-refractivity contribution in [2.24, 2.45) is 0 Å². The van der Waals surface area contributed by atoms with Crippen molar-refractivity contribution in [2.45, 2.75) is 32.1 Å². The van der Waals surface area contributed by atoms with Gasteiger partial charge >= 0.3 is 0 Å². The van der Waals surface area contributed by atoms with Gasteiger partial charge in [0.2, 0.25) is 0 Å². The van der Waals surface area contributed by atoms with Crippen LogP contribution in [-0.4, -0.2) is 0 Å². The van der Waals surface area contributed by atoms with E-state index in [1.54, 1.807) is 4.88 Å². The highest BCUT2D eigenvalue weighted by atomic mass is 32.1. The van der Waals surface area contributed by atoms with E-state index in [4.69, 9.17) is 0 Å². The van der Waals surface area contributed by atoms with Gasteiger partial charge in [0.15, 0.2) is 0 Å². The van der Waals surface area contributed by atoms with Crippen LogP contribution in [0.15, 0.2) is 24.3 Å². The number of hydrogen-bond donors (Lipinski definition) is 0. The van der Waals surface area contributed by atoms with Crippen molar-refractivity contribution >= 4 is 11.3 Å². The van der Waals surface area contributed by atoms with E-state index in [1.165, 1.54) is 24.1 Å². The highest BCUT2D eigenvalue weighted by Crippen LogP contribution is 2.31. The lowest BCUT2D eigenvalue weighted by atomic mass is 9.95. The summed E-state index contributed by atoms with van der Waals surface area (Å²) in [5.41, 5.74) is 0. The van der Waals surface area contributed by atoms with Gasteiger partial charge in [0, 0.05) is 15.7 Å². The summed E-state index contributed by atoms with van der Waals surface area (Å²) in [6, 6.07) is 4.50. The molecule has 2 rings (SSSR count). The number of allylic oxidation sites excluding steroid dienone is 2. The van der Waals surface area contributed by atoms with E-state index in [0.29, 0.717) is 0 Å². The van der Waals surface area contributed by atoms with Crippen LogP contribution in [0, 0.1) is 6.92 Å². The zero-order valence-electron chi connectivity index (χ0n) is 7.42. The third-order valence-corrected chi connectivity index (χ3v) is 3.51. The fraction of sp³-hybridized carbons (Fsp3) is 0.455. The molecule has 0 aliphatic heterocycles. The molecule has 0 amide bonds. The van der Waals surface area contributed by atoms with Crippen LogP contribution < -0.4 is 0 Å². The van der Waals surface area contributed by atoms with E-state index in [-0.39, 0.29) is 0 Å². The molecule has 1 aromatic rings. The highest BCUT2D eigenvalue weighted by molar-refractivity contribution is 7.12. The SMILES string of the molecule is Cc1ccc([C@H]2C=CCCC2)s1. The Kier molecular flexibility index (Phi) is 2.31. The van der Waals surface area contributed by atoms with Gasteiger partial charge in [-0.15, -0.1) is 11.3 Å². The molecule has 12 heavy (non-hydrogen) atoms. The molecule has 1 aliphatic carbocycles. The van der Waals surface area contributed by atoms with Crippen molar-refractivity contribution in [3.63, 3.8) is 0 Å². The van der Waals surface area contributed by atoms with Crippen LogP contribution in [0.5, 0.6) is 0 Å². The number of thiophene rings is 1. The molecule has 0 aromatic carbocycles. The molecule has 0 N–H and O–H groups in total. The van der Waals surface area contributed by atoms with Gasteiger partial charge in [-0.05, 0) is 38.3 Å². The molecule has 0 radical (unpaired) electrons. The summed E-state index contributed by atoms with van der Waals surface area (Å²) in [4.78, 5) is 2.98. The van der Waals surface area contributed by atoms with Crippen molar-refractivity contribution in [1.29, 1.82) is 0 Å². The summed E-state index contributed by atoms with van der Waals surface area (Å²) in [5.74, 6) is 0.720. The fourth-order valence-electron chi connectivity index (χ4n) is 1.70. The van der Waals surface area contributed by atoms with Crippen LogP contribution >= 0.6 is 11.3 Å². The molecule has 0 fully saturated rings. The Morgan fingerprint density at radius 1 is 1.42 bits per heavy atom. The van der Waals surface area contributed by atoms with Crippen LogP contribution in [0.2, 0.25) is 0 Å². The Hall–Kier alpha value is -0.560. The van der Waals surface area contributed by atoms with E-state index in [9.17, 15) is 0 Å². The second-order valence-corrected chi connectivity index (χ2v) is 4.73. The molecule has 0 unspecified atom stereocenters. The summed E-state index contributed by atoms with van der Waals surface area (Å²) < 4.78 is 0.